The van der Waals surface area contributed by atoms with Crippen LogP contribution in [0.15, 0.2) is 43.0 Å². The Kier molecular flexibility index (Phi) is 10.9. The van der Waals surface area contributed by atoms with Crippen molar-refractivity contribution in [1.82, 2.24) is 15.5 Å². The van der Waals surface area contributed by atoms with Gasteiger partial charge in [0.1, 0.15) is 12.6 Å². The maximum absolute atomic E-state index is 13.1. The van der Waals surface area contributed by atoms with E-state index in [4.69, 9.17) is 4.74 Å². The fraction of sp³-hybridized carbons (Fsp3) is 0.565. The monoisotopic (exact) mass is 401 g/mol. The van der Waals surface area contributed by atoms with E-state index >= 15 is 0 Å². The zero-order valence-electron chi connectivity index (χ0n) is 17.4. The molecule has 1 saturated heterocycles. The summed E-state index contributed by atoms with van der Waals surface area (Å²) in [6, 6.07) is 9.01. The minimum Gasteiger partial charge on any atom is -0.445 e. The molecule has 2 N–H and O–H groups in total. The summed E-state index contributed by atoms with van der Waals surface area (Å²) in [5, 5.41) is 6.08. The number of hydrogen-bond acceptors (Lipinski definition) is 4. The van der Waals surface area contributed by atoms with Crippen molar-refractivity contribution < 1.29 is 14.3 Å². The van der Waals surface area contributed by atoms with Gasteiger partial charge in [-0.1, -0.05) is 49.2 Å². The van der Waals surface area contributed by atoms with E-state index in [1.54, 1.807) is 0 Å². The van der Waals surface area contributed by atoms with Crippen LogP contribution in [0.1, 0.15) is 50.5 Å². The molecule has 1 fully saturated rings. The van der Waals surface area contributed by atoms with Gasteiger partial charge < -0.3 is 20.3 Å². The van der Waals surface area contributed by atoms with Crippen molar-refractivity contribution in [3.05, 3.63) is 48.6 Å². The molecule has 0 aromatic heterocycles. The van der Waals surface area contributed by atoms with Crippen LogP contribution in [-0.2, 0) is 16.1 Å². The molecule has 0 saturated carbocycles. The molecule has 1 atom stereocenters. The molecular formula is C23H35N3O3. The maximum Gasteiger partial charge on any atom is 0.408 e. The Bertz CT molecular complexity index is 613. The van der Waals surface area contributed by atoms with E-state index in [-0.39, 0.29) is 12.5 Å². The van der Waals surface area contributed by atoms with Crippen LogP contribution in [0.5, 0.6) is 0 Å². The lowest BCUT2D eigenvalue weighted by Gasteiger charge is -2.26. The summed E-state index contributed by atoms with van der Waals surface area (Å²) >= 11 is 0. The van der Waals surface area contributed by atoms with Crippen molar-refractivity contribution in [2.75, 3.05) is 26.2 Å². The molecule has 0 aliphatic carbocycles. The second kappa shape index (κ2) is 13.8. The van der Waals surface area contributed by atoms with E-state index in [1.165, 1.54) is 0 Å². The Labute approximate surface area is 174 Å². The minimum absolute atomic E-state index is 0.0163. The van der Waals surface area contributed by atoms with Crippen LogP contribution in [0, 0.1) is 0 Å². The highest BCUT2D eigenvalue weighted by atomic mass is 16.5. The number of carbonyl (C=O) groups is 2. The number of nitrogens with one attached hydrogen (secondary N) is 2. The zero-order valence-corrected chi connectivity index (χ0v) is 17.4. The molecule has 6 nitrogen and oxygen atoms in total. The Morgan fingerprint density at radius 1 is 1.10 bits per heavy atom. The number of ether oxygens (including phenoxy) is 1. The van der Waals surface area contributed by atoms with Crippen molar-refractivity contribution in [1.29, 1.82) is 0 Å². The van der Waals surface area contributed by atoms with Crippen LogP contribution in [0.25, 0.3) is 0 Å². The minimum atomic E-state index is -0.535. The van der Waals surface area contributed by atoms with Gasteiger partial charge >= 0.3 is 6.09 Å². The summed E-state index contributed by atoms with van der Waals surface area (Å²) in [6.07, 6.45) is 8.09. The summed E-state index contributed by atoms with van der Waals surface area (Å²) in [5.41, 5.74) is 0.923. The van der Waals surface area contributed by atoms with Gasteiger partial charge in [-0.05, 0) is 44.2 Å². The molecule has 1 aromatic rings. The summed E-state index contributed by atoms with van der Waals surface area (Å²) in [7, 11) is 0. The molecule has 29 heavy (non-hydrogen) atoms. The predicted molar refractivity (Wildman–Crippen MR) is 116 cm³/mol. The molecule has 6 heteroatoms. The quantitative estimate of drug-likeness (QED) is 0.439. The van der Waals surface area contributed by atoms with Crippen molar-refractivity contribution in [3.8, 4) is 0 Å². The number of rotatable bonds is 11. The lowest BCUT2D eigenvalue weighted by atomic mass is 10.1. The van der Waals surface area contributed by atoms with Gasteiger partial charge in [0.15, 0.2) is 0 Å². The molecule has 160 valence electrons. The number of carbonyl (C=O) groups excluding carboxylic acids is 2. The third-order valence-corrected chi connectivity index (χ3v) is 5.11. The van der Waals surface area contributed by atoms with Crippen molar-refractivity contribution in [2.24, 2.45) is 0 Å². The van der Waals surface area contributed by atoms with Crippen LogP contribution in [0.4, 0.5) is 4.79 Å². The number of likely N-dealkylation sites (tertiary alicyclic amines) is 1. The van der Waals surface area contributed by atoms with Gasteiger partial charge in [0.25, 0.3) is 0 Å². The Morgan fingerprint density at radius 3 is 2.52 bits per heavy atom. The van der Waals surface area contributed by atoms with E-state index in [9.17, 15) is 9.59 Å². The second-order valence-electron chi connectivity index (χ2n) is 7.49. The first kappa shape index (κ1) is 22.9. The fourth-order valence-corrected chi connectivity index (χ4v) is 3.48. The number of alkyl carbamates (subject to hydrolysis) is 1. The summed E-state index contributed by atoms with van der Waals surface area (Å²) < 4.78 is 5.34. The second-order valence-corrected chi connectivity index (χ2v) is 7.49. The van der Waals surface area contributed by atoms with Gasteiger partial charge in [0.2, 0.25) is 5.91 Å². The lowest BCUT2D eigenvalue weighted by Crippen LogP contribution is -2.49. The fourth-order valence-electron chi connectivity index (χ4n) is 3.48. The van der Waals surface area contributed by atoms with E-state index in [0.29, 0.717) is 6.42 Å². The van der Waals surface area contributed by atoms with E-state index < -0.39 is 12.1 Å². The smallest absolute Gasteiger partial charge is 0.408 e. The Balaban J connectivity index is 1.86. The van der Waals surface area contributed by atoms with Crippen molar-refractivity contribution in [2.45, 2.75) is 57.6 Å². The molecule has 0 spiro atoms. The highest BCUT2D eigenvalue weighted by Crippen LogP contribution is 2.13. The summed E-state index contributed by atoms with van der Waals surface area (Å²) in [4.78, 5) is 27.3. The molecule has 1 aliphatic heterocycles. The highest BCUT2D eigenvalue weighted by molar-refractivity contribution is 5.85. The van der Waals surface area contributed by atoms with Gasteiger partial charge in [0.05, 0.1) is 0 Å². The number of hydrogen-bond donors (Lipinski definition) is 2. The Hall–Kier alpha value is -2.34. The molecule has 0 bridgehead atoms. The molecular weight excluding hydrogens is 366 g/mol. The van der Waals surface area contributed by atoms with Crippen LogP contribution in [-0.4, -0.2) is 49.1 Å². The molecule has 1 heterocycles. The molecule has 2 amide bonds. The first-order valence-electron chi connectivity index (χ1n) is 10.8. The SMILES string of the molecule is C=CCNCCCC[C@H](NC(=O)OCc1ccccc1)C(=O)N1CCCCCC1. The molecule has 0 unspecified atom stereocenters. The van der Waals surface area contributed by atoms with Crippen molar-refractivity contribution >= 4 is 12.0 Å². The molecule has 2 rings (SSSR count). The van der Waals surface area contributed by atoms with Crippen LogP contribution >= 0.6 is 0 Å². The highest BCUT2D eigenvalue weighted by Gasteiger charge is 2.26. The first-order chi connectivity index (χ1) is 14.2. The van der Waals surface area contributed by atoms with Gasteiger partial charge in [0, 0.05) is 19.6 Å². The van der Waals surface area contributed by atoms with E-state index in [0.717, 1.165) is 70.3 Å². The Morgan fingerprint density at radius 2 is 1.83 bits per heavy atom. The van der Waals surface area contributed by atoms with Gasteiger partial charge in [-0.3, -0.25) is 4.79 Å². The first-order valence-corrected chi connectivity index (χ1v) is 10.8. The summed E-state index contributed by atoms with van der Waals surface area (Å²) in [6.45, 7) is 7.08. The largest absolute Gasteiger partial charge is 0.445 e. The van der Waals surface area contributed by atoms with E-state index in [1.807, 2.05) is 41.3 Å². The van der Waals surface area contributed by atoms with Crippen LogP contribution < -0.4 is 10.6 Å². The zero-order chi connectivity index (χ0) is 20.7. The molecule has 0 radical (unpaired) electrons. The predicted octanol–water partition coefficient (Wildman–Crippen LogP) is 3.63. The van der Waals surface area contributed by atoms with Crippen molar-refractivity contribution in [3.63, 3.8) is 0 Å². The van der Waals surface area contributed by atoms with Gasteiger partial charge in [-0.25, -0.2) is 4.79 Å². The third kappa shape index (κ3) is 9.13. The lowest BCUT2D eigenvalue weighted by molar-refractivity contribution is -0.133. The summed E-state index contributed by atoms with van der Waals surface area (Å²) in [5.74, 6) is 0.0163. The molecule has 1 aliphatic rings. The number of benzene rings is 1. The van der Waals surface area contributed by atoms with Gasteiger partial charge in [-0.15, -0.1) is 6.58 Å². The van der Waals surface area contributed by atoms with Crippen LogP contribution in [0.2, 0.25) is 0 Å². The van der Waals surface area contributed by atoms with Crippen LogP contribution in [0.3, 0.4) is 0 Å². The van der Waals surface area contributed by atoms with E-state index in [2.05, 4.69) is 17.2 Å². The maximum atomic E-state index is 13.1. The van der Waals surface area contributed by atoms with Gasteiger partial charge in [-0.2, -0.15) is 0 Å². The average Bonchev–Trinajstić information content (AvgIpc) is 3.03. The number of nitrogens with zero attached hydrogens (tertiary/aromatic N) is 1. The number of amides is 2. The normalized spacial score (nSPS) is 15.2. The standard InChI is InChI=1S/C23H35N3O3/c1-2-15-24-16-9-8-14-21(22(27)26-17-10-3-4-11-18-26)25-23(28)29-19-20-12-6-5-7-13-20/h2,5-7,12-13,21,24H,1,3-4,8-11,14-19H2,(H,25,28)/t21-/m0/s1. The topological polar surface area (TPSA) is 70.7 Å². The third-order valence-electron chi connectivity index (χ3n) is 5.11. The average molecular weight is 402 g/mol. The number of unbranched alkanes of at least 4 members (excludes halogenated alkanes) is 1. The molecule has 1 aromatic carbocycles.